The molecule has 0 aliphatic heterocycles. The SMILES string of the molecule is Cc1ccc2c(CC(=O)N[C@H]3CCCC[C@@H]3C)coc2c1C. The maximum Gasteiger partial charge on any atom is 0.224 e. The maximum absolute atomic E-state index is 12.4. The first kappa shape index (κ1) is 15.1. The Morgan fingerprint density at radius 3 is 2.82 bits per heavy atom. The maximum atomic E-state index is 12.4. The number of nitrogens with one attached hydrogen (secondary N) is 1. The lowest BCUT2D eigenvalue weighted by Crippen LogP contribution is -2.41. The smallest absolute Gasteiger partial charge is 0.224 e. The summed E-state index contributed by atoms with van der Waals surface area (Å²) >= 11 is 0. The molecular weight excluding hydrogens is 274 g/mol. The molecule has 3 rings (SSSR count). The van der Waals surface area contributed by atoms with E-state index in [0.29, 0.717) is 18.4 Å². The van der Waals surface area contributed by atoms with Crippen molar-refractivity contribution in [3.8, 4) is 0 Å². The summed E-state index contributed by atoms with van der Waals surface area (Å²) < 4.78 is 5.69. The summed E-state index contributed by atoms with van der Waals surface area (Å²) in [6, 6.07) is 4.49. The summed E-state index contributed by atoms with van der Waals surface area (Å²) in [6.45, 7) is 6.38. The van der Waals surface area contributed by atoms with Crippen molar-refractivity contribution in [1.82, 2.24) is 5.32 Å². The third-order valence-corrected chi connectivity index (χ3v) is 5.15. The number of aryl methyl sites for hydroxylation is 2. The van der Waals surface area contributed by atoms with E-state index in [4.69, 9.17) is 4.42 Å². The van der Waals surface area contributed by atoms with E-state index in [1.54, 1.807) is 6.26 Å². The van der Waals surface area contributed by atoms with Crippen molar-refractivity contribution in [2.24, 2.45) is 5.92 Å². The predicted octanol–water partition coefficient (Wildman–Crippen LogP) is 4.29. The highest BCUT2D eigenvalue weighted by molar-refractivity contribution is 5.89. The Kier molecular flexibility index (Phi) is 4.23. The zero-order valence-corrected chi connectivity index (χ0v) is 13.7. The first-order valence-corrected chi connectivity index (χ1v) is 8.32. The van der Waals surface area contributed by atoms with Crippen molar-refractivity contribution in [1.29, 1.82) is 0 Å². The number of hydrogen-bond acceptors (Lipinski definition) is 2. The Morgan fingerprint density at radius 2 is 2.05 bits per heavy atom. The molecule has 0 spiro atoms. The molecular formula is C19H25NO2. The number of rotatable bonds is 3. The number of fused-ring (bicyclic) bond motifs is 1. The molecule has 0 saturated heterocycles. The average Bonchev–Trinajstić information content (AvgIpc) is 2.89. The largest absolute Gasteiger partial charge is 0.464 e. The number of carbonyl (C=O) groups is 1. The number of carbonyl (C=O) groups excluding carboxylic acids is 1. The lowest BCUT2D eigenvalue weighted by molar-refractivity contribution is -0.121. The molecule has 118 valence electrons. The van der Waals surface area contributed by atoms with Gasteiger partial charge in [0.05, 0.1) is 12.7 Å². The lowest BCUT2D eigenvalue weighted by atomic mass is 9.86. The first-order chi connectivity index (χ1) is 10.6. The molecule has 1 heterocycles. The second kappa shape index (κ2) is 6.15. The van der Waals surface area contributed by atoms with Crippen molar-refractivity contribution < 1.29 is 9.21 Å². The normalized spacial score (nSPS) is 22.0. The molecule has 1 N–H and O–H groups in total. The second-order valence-corrected chi connectivity index (χ2v) is 6.76. The van der Waals surface area contributed by atoms with Crippen molar-refractivity contribution in [2.45, 2.75) is 58.9 Å². The van der Waals surface area contributed by atoms with Gasteiger partial charge in [-0.3, -0.25) is 4.79 Å². The number of furan rings is 1. The molecule has 2 aromatic rings. The van der Waals surface area contributed by atoms with Crippen LogP contribution in [-0.2, 0) is 11.2 Å². The summed E-state index contributed by atoms with van der Waals surface area (Å²) in [7, 11) is 0. The molecule has 1 aromatic carbocycles. The lowest BCUT2D eigenvalue weighted by Gasteiger charge is -2.29. The van der Waals surface area contributed by atoms with Crippen LogP contribution in [0.3, 0.4) is 0 Å². The van der Waals surface area contributed by atoms with Gasteiger partial charge in [-0.05, 0) is 43.7 Å². The molecule has 0 bridgehead atoms. The van der Waals surface area contributed by atoms with E-state index in [0.717, 1.165) is 28.5 Å². The molecule has 1 saturated carbocycles. The van der Waals surface area contributed by atoms with Crippen molar-refractivity contribution in [3.63, 3.8) is 0 Å². The average molecular weight is 299 g/mol. The third-order valence-electron chi connectivity index (χ3n) is 5.15. The van der Waals surface area contributed by atoms with Crippen molar-refractivity contribution >= 4 is 16.9 Å². The van der Waals surface area contributed by atoms with E-state index in [2.05, 4.69) is 38.2 Å². The summed E-state index contributed by atoms with van der Waals surface area (Å²) in [5.41, 5.74) is 4.27. The minimum Gasteiger partial charge on any atom is -0.464 e. The molecule has 2 atom stereocenters. The summed E-state index contributed by atoms with van der Waals surface area (Å²) in [4.78, 5) is 12.4. The zero-order valence-electron chi connectivity index (χ0n) is 13.7. The van der Waals surface area contributed by atoms with Gasteiger partial charge >= 0.3 is 0 Å². The zero-order chi connectivity index (χ0) is 15.7. The highest BCUT2D eigenvalue weighted by Gasteiger charge is 2.23. The van der Waals surface area contributed by atoms with E-state index in [-0.39, 0.29) is 5.91 Å². The Labute approximate surface area is 132 Å². The van der Waals surface area contributed by atoms with E-state index in [1.807, 2.05) is 0 Å². The van der Waals surface area contributed by atoms with Crippen LogP contribution >= 0.6 is 0 Å². The third kappa shape index (κ3) is 2.90. The Balaban J connectivity index is 1.73. The van der Waals surface area contributed by atoms with Gasteiger partial charge in [0, 0.05) is 17.0 Å². The molecule has 1 aromatic heterocycles. The molecule has 0 unspecified atom stereocenters. The van der Waals surface area contributed by atoms with Crippen LogP contribution < -0.4 is 5.32 Å². The highest BCUT2D eigenvalue weighted by atomic mass is 16.3. The number of amides is 1. The fraction of sp³-hybridized carbons (Fsp3) is 0.526. The first-order valence-electron chi connectivity index (χ1n) is 8.32. The number of benzene rings is 1. The van der Waals surface area contributed by atoms with Gasteiger partial charge < -0.3 is 9.73 Å². The highest BCUT2D eigenvalue weighted by Crippen LogP contribution is 2.27. The monoisotopic (exact) mass is 299 g/mol. The summed E-state index contributed by atoms with van der Waals surface area (Å²) in [6.07, 6.45) is 6.98. The predicted molar refractivity (Wildman–Crippen MR) is 89.0 cm³/mol. The Morgan fingerprint density at radius 1 is 1.27 bits per heavy atom. The molecule has 1 aliphatic rings. The van der Waals surface area contributed by atoms with Crippen LogP contribution in [-0.4, -0.2) is 11.9 Å². The minimum absolute atomic E-state index is 0.111. The van der Waals surface area contributed by atoms with Crippen LogP contribution in [0.5, 0.6) is 0 Å². The summed E-state index contributed by atoms with van der Waals surface area (Å²) in [5, 5.41) is 4.28. The van der Waals surface area contributed by atoms with Crippen molar-refractivity contribution in [2.75, 3.05) is 0 Å². The molecule has 1 amide bonds. The van der Waals surface area contributed by atoms with Gasteiger partial charge in [0.15, 0.2) is 0 Å². The molecule has 22 heavy (non-hydrogen) atoms. The van der Waals surface area contributed by atoms with Gasteiger partial charge in [-0.1, -0.05) is 31.9 Å². The number of hydrogen-bond donors (Lipinski definition) is 1. The van der Waals surface area contributed by atoms with E-state index in [1.165, 1.54) is 24.8 Å². The van der Waals surface area contributed by atoms with E-state index in [9.17, 15) is 4.79 Å². The van der Waals surface area contributed by atoms with E-state index >= 15 is 0 Å². The van der Waals surface area contributed by atoms with Gasteiger partial charge in [-0.15, -0.1) is 0 Å². The molecule has 0 radical (unpaired) electrons. The van der Waals surface area contributed by atoms with Crippen LogP contribution in [0.15, 0.2) is 22.8 Å². The standard InChI is InChI=1S/C19H25NO2/c1-12-8-9-16-15(11-22-19(16)14(12)3)10-18(21)20-17-7-5-4-6-13(17)2/h8-9,11,13,17H,4-7,10H2,1-3H3,(H,20,21)/t13-,17-/m0/s1. The fourth-order valence-electron chi connectivity index (χ4n) is 3.49. The van der Waals surface area contributed by atoms with Crippen LogP contribution in [0.2, 0.25) is 0 Å². The molecule has 1 aliphatic carbocycles. The Hall–Kier alpha value is -1.77. The van der Waals surface area contributed by atoms with E-state index < -0.39 is 0 Å². The van der Waals surface area contributed by atoms with Crippen LogP contribution in [0.25, 0.3) is 11.0 Å². The topological polar surface area (TPSA) is 42.2 Å². The Bertz CT molecular complexity index is 686. The van der Waals surface area contributed by atoms with Gasteiger partial charge in [0.25, 0.3) is 0 Å². The van der Waals surface area contributed by atoms with Crippen molar-refractivity contribution in [3.05, 3.63) is 35.1 Å². The van der Waals surface area contributed by atoms with Crippen LogP contribution in [0.1, 0.15) is 49.3 Å². The van der Waals surface area contributed by atoms with Crippen LogP contribution in [0.4, 0.5) is 0 Å². The molecule has 3 heteroatoms. The van der Waals surface area contributed by atoms with Gasteiger partial charge in [0.2, 0.25) is 5.91 Å². The minimum atomic E-state index is 0.111. The van der Waals surface area contributed by atoms with Gasteiger partial charge in [-0.25, -0.2) is 0 Å². The molecule has 1 fully saturated rings. The van der Waals surface area contributed by atoms with Gasteiger partial charge in [0.1, 0.15) is 5.58 Å². The quantitative estimate of drug-likeness (QED) is 0.918. The van der Waals surface area contributed by atoms with Gasteiger partial charge in [-0.2, -0.15) is 0 Å². The second-order valence-electron chi connectivity index (χ2n) is 6.76. The molecule has 3 nitrogen and oxygen atoms in total. The van der Waals surface area contributed by atoms with Crippen LogP contribution in [0, 0.1) is 19.8 Å². The summed E-state index contributed by atoms with van der Waals surface area (Å²) in [5.74, 6) is 0.698. The fourth-order valence-corrected chi connectivity index (χ4v) is 3.49.